The van der Waals surface area contributed by atoms with E-state index in [1.165, 1.54) is 11.3 Å². The second-order valence-electron chi connectivity index (χ2n) is 5.82. The highest BCUT2D eigenvalue weighted by Crippen LogP contribution is 2.32. The van der Waals surface area contributed by atoms with E-state index in [9.17, 15) is 13.2 Å². The molecule has 0 unspecified atom stereocenters. The Morgan fingerprint density at radius 3 is 2.75 bits per heavy atom. The van der Waals surface area contributed by atoms with E-state index in [0.717, 1.165) is 29.0 Å². The van der Waals surface area contributed by atoms with E-state index < -0.39 is 10.0 Å². The van der Waals surface area contributed by atoms with Crippen LogP contribution in [0.1, 0.15) is 30.2 Å². The van der Waals surface area contributed by atoms with Crippen LogP contribution in [0.15, 0.2) is 34.5 Å². The van der Waals surface area contributed by atoms with Crippen LogP contribution >= 0.6 is 11.3 Å². The van der Waals surface area contributed by atoms with Crippen molar-refractivity contribution >= 4 is 38.6 Å². The van der Waals surface area contributed by atoms with Crippen LogP contribution < -0.4 is 9.62 Å². The van der Waals surface area contributed by atoms with Gasteiger partial charge in [0.1, 0.15) is 4.21 Å². The zero-order valence-electron chi connectivity index (χ0n) is 13.7. The van der Waals surface area contributed by atoms with Crippen molar-refractivity contribution in [1.29, 1.82) is 0 Å². The average Bonchev–Trinajstić information content (AvgIpc) is 3.00. The standard InChI is InChI=1S/C17H20N2O3S2/c1-3-16(20)19-10-4-5-13-7-8-14(11-15(13)19)18-24(21,22)17-9-6-12(2)23-17/h6-9,11,18H,3-5,10H2,1-2H3. The smallest absolute Gasteiger partial charge is 0.271 e. The van der Waals surface area contributed by atoms with Gasteiger partial charge in [0.15, 0.2) is 0 Å². The number of rotatable bonds is 4. The van der Waals surface area contributed by atoms with Crippen LogP contribution in [0.3, 0.4) is 0 Å². The van der Waals surface area contributed by atoms with Gasteiger partial charge in [-0.05, 0) is 49.6 Å². The molecule has 0 spiro atoms. The summed E-state index contributed by atoms with van der Waals surface area (Å²) in [7, 11) is -3.60. The molecule has 1 aliphatic heterocycles. The average molecular weight is 364 g/mol. The minimum atomic E-state index is -3.60. The summed E-state index contributed by atoms with van der Waals surface area (Å²) in [5, 5.41) is 0. The number of nitrogens with one attached hydrogen (secondary N) is 1. The lowest BCUT2D eigenvalue weighted by atomic mass is 10.0. The molecule has 0 saturated heterocycles. The van der Waals surface area contributed by atoms with Crippen LogP contribution in [-0.2, 0) is 21.2 Å². The van der Waals surface area contributed by atoms with Crippen molar-refractivity contribution < 1.29 is 13.2 Å². The molecular weight excluding hydrogens is 344 g/mol. The highest BCUT2D eigenvalue weighted by atomic mass is 32.2. The third kappa shape index (κ3) is 3.32. The fourth-order valence-corrected chi connectivity index (χ4v) is 5.18. The molecule has 24 heavy (non-hydrogen) atoms. The molecule has 7 heteroatoms. The number of carbonyl (C=O) groups excluding carboxylic acids is 1. The van der Waals surface area contributed by atoms with Gasteiger partial charge in [0.2, 0.25) is 5.91 Å². The van der Waals surface area contributed by atoms with E-state index in [1.54, 1.807) is 29.2 Å². The summed E-state index contributed by atoms with van der Waals surface area (Å²) in [4.78, 5) is 14.8. The molecule has 2 heterocycles. The number of aryl methyl sites for hydroxylation is 2. The monoisotopic (exact) mass is 364 g/mol. The molecule has 1 aliphatic rings. The Morgan fingerprint density at radius 1 is 1.29 bits per heavy atom. The molecule has 1 amide bonds. The minimum Gasteiger partial charge on any atom is -0.312 e. The third-order valence-electron chi connectivity index (χ3n) is 4.04. The first kappa shape index (κ1) is 17.0. The molecule has 0 radical (unpaired) electrons. The lowest BCUT2D eigenvalue weighted by molar-refractivity contribution is -0.118. The molecule has 128 valence electrons. The Balaban J connectivity index is 1.92. The quantitative estimate of drug-likeness (QED) is 0.902. The largest absolute Gasteiger partial charge is 0.312 e. The number of hydrogen-bond donors (Lipinski definition) is 1. The number of nitrogens with zero attached hydrogens (tertiary/aromatic N) is 1. The van der Waals surface area contributed by atoms with Crippen molar-refractivity contribution in [3.63, 3.8) is 0 Å². The second-order valence-corrected chi connectivity index (χ2v) is 9.01. The predicted octanol–water partition coefficient (Wildman–Crippen LogP) is 3.55. The van der Waals surface area contributed by atoms with Gasteiger partial charge in [-0.1, -0.05) is 13.0 Å². The summed E-state index contributed by atoms with van der Waals surface area (Å²) in [6.45, 7) is 4.39. The van der Waals surface area contributed by atoms with Crippen LogP contribution in [0.4, 0.5) is 11.4 Å². The normalized spacial score (nSPS) is 14.3. The van der Waals surface area contributed by atoms with Gasteiger partial charge in [0, 0.05) is 23.5 Å². The molecule has 0 atom stereocenters. The van der Waals surface area contributed by atoms with E-state index in [1.807, 2.05) is 19.9 Å². The second kappa shape index (κ2) is 6.57. The summed E-state index contributed by atoms with van der Waals surface area (Å²) in [6.07, 6.45) is 2.27. The molecule has 0 fully saturated rings. The number of carbonyl (C=O) groups is 1. The lowest BCUT2D eigenvalue weighted by Crippen LogP contribution is -2.35. The summed E-state index contributed by atoms with van der Waals surface area (Å²) in [6, 6.07) is 8.82. The van der Waals surface area contributed by atoms with E-state index in [-0.39, 0.29) is 5.91 Å². The van der Waals surface area contributed by atoms with Crippen LogP contribution in [0, 0.1) is 6.92 Å². The molecule has 1 N–H and O–H groups in total. The first-order chi connectivity index (χ1) is 11.4. The topological polar surface area (TPSA) is 66.5 Å². The highest BCUT2D eigenvalue weighted by Gasteiger charge is 2.23. The number of thiophene rings is 1. The maximum atomic E-state index is 12.5. The zero-order valence-corrected chi connectivity index (χ0v) is 15.3. The first-order valence-electron chi connectivity index (χ1n) is 7.93. The molecular formula is C17H20N2O3S2. The fraction of sp³-hybridized carbons (Fsp3) is 0.353. The molecule has 1 aromatic carbocycles. The van der Waals surface area contributed by atoms with Gasteiger partial charge in [-0.25, -0.2) is 8.42 Å². The SMILES string of the molecule is CCC(=O)N1CCCc2ccc(NS(=O)(=O)c3ccc(C)s3)cc21. The summed E-state index contributed by atoms with van der Waals surface area (Å²) in [5.74, 6) is 0.0600. The van der Waals surface area contributed by atoms with Crippen LogP contribution in [-0.4, -0.2) is 20.9 Å². The van der Waals surface area contributed by atoms with Crippen molar-refractivity contribution in [2.24, 2.45) is 0 Å². The molecule has 5 nitrogen and oxygen atoms in total. The maximum absolute atomic E-state index is 12.5. The van der Waals surface area contributed by atoms with Gasteiger partial charge >= 0.3 is 0 Å². The molecule has 0 saturated carbocycles. The van der Waals surface area contributed by atoms with Gasteiger partial charge in [0.25, 0.3) is 10.0 Å². The van der Waals surface area contributed by atoms with Gasteiger partial charge in [-0.15, -0.1) is 11.3 Å². The van der Waals surface area contributed by atoms with Crippen molar-refractivity contribution in [1.82, 2.24) is 0 Å². The summed E-state index contributed by atoms with van der Waals surface area (Å²) < 4.78 is 27.9. The minimum absolute atomic E-state index is 0.0600. The Morgan fingerprint density at radius 2 is 2.08 bits per heavy atom. The number of amides is 1. The number of hydrogen-bond acceptors (Lipinski definition) is 4. The van der Waals surface area contributed by atoms with Crippen LogP contribution in [0.25, 0.3) is 0 Å². The fourth-order valence-electron chi connectivity index (χ4n) is 2.85. The molecule has 3 rings (SSSR count). The number of anilines is 2. The van der Waals surface area contributed by atoms with Crippen molar-refractivity contribution in [2.75, 3.05) is 16.2 Å². The Kier molecular flexibility index (Phi) is 4.64. The number of benzene rings is 1. The third-order valence-corrected chi connectivity index (χ3v) is 6.91. The number of fused-ring (bicyclic) bond motifs is 1. The summed E-state index contributed by atoms with van der Waals surface area (Å²) >= 11 is 1.24. The Labute approximate surface area is 146 Å². The van der Waals surface area contributed by atoms with Gasteiger partial charge in [0.05, 0.1) is 5.69 Å². The molecule has 0 bridgehead atoms. The van der Waals surface area contributed by atoms with Crippen molar-refractivity contribution in [2.45, 2.75) is 37.3 Å². The molecule has 1 aromatic heterocycles. The Bertz CT molecular complexity index is 872. The summed E-state index contributed by atoms with van der Waals surface area (Å²) in [5.41, 5.74) is 2.38. The zero-order chi connectivity index (χ0) is 17.3. The molecule has 0 aliphatic carbocycles. The predicted molar refractivity (Wildman–Crippen MR) is 97.3 cm³/mol. The maximum Gasteiger partial charge on any atom is 0.271 e. The molecule has 2 aromatic rings. The van der Waals surface area contributed by atoms with Gasteiger partial charge < -0.3 is 4.90 Å². The number of sulfonamides is 1. The van der Waals surface area contributed by atoms with Gasteiger partial charge in [-0.3, -0.25) is 9.52 Å². The Hall–Kier alpha value is -1.86. The lowest BCUT2D eigenvalue weighted by Gasteiger charge is -2.29. The van der Waals surface area contributed by atoms with Crippen LogP contribution in [0.2, 0.25) is 0 Å². The van der Waals surface area contributed by atoms with Crippen molar-refractivity contribution in [3.8, 4) is 0 Å². The van der Waals surface area contributed by atoms with E-state index in [4.69, 9.17) is 0 Å². The van der Waals surface area contributed by atoms with Crippen molar-refractivity contribution in [3.05, 3.63) is 40.8 Å². The van der Waals surface area contributed by atoms with E-state index >= 15 is 0 Å². The van der Waals surface area contributed by atoms with Gasteiger partial charge in [-0.2, -0.15) is 0 Å². The highest BCUT2D eigenvalue weighted by molar-refractivity contribution is 7.94. The van der Waals surface area contributed by atoms with E-state index in [0.29, 0.717) is 22.9 Å². The van der Waals surface area contributed by atoms with E-state index in [2.05, 4.69) is 4.72 Å². The van der Waals surface area contributed by atoms with Crippen LogP contribution in [0.5, 0.6) is 0 Å². The first-order valence-corrected chi connectivity index (χ1v) is 10.2.